The van der Waals surface area contributed by atoms with Gasteiger partial charge in [0.1, 0.15) is 5.75 Å². The van der Waals surface area contributed by atoms with E-state index in [1.54, 1.807) is 0 Å². The van der Waals surface area contributed by atoms with E-state index in [9.17, 15) is 15.2 Å². The van der Waals surface area contributed by atoms with Crippen LogP contribution in [0.4, 0.5) is 11.4 Å². The Morgan fingerprint density at radius 3 is 2.46 bits per heavy atom. The summed E-state index contributed by atoms with van der Waals surface area (Å²) in [5.74, 6) is -0.0429. The molecule has 0 spiro atoms. The first-order valence-electron chi connectivity index (χ1n) is 7.95. The summed E-state index contributed by atoms with van der Waals surface area (Å²) < 4.78 is 0. The lowest BCUT2D eigenvalue weighted by Crippen LogP contribution is -2.10. The van der Waals surface area contributed by atoms with Crippen LogP contribution in [0, 0.1) is 10.1 Å². The molecule has 1 unspecified atom stereocenters. The van der Waals surface area contributed by atoms with Gasteiger partial charge in [-0.15, -0.1) is 0 Å². The van der Waals surface area contributed by atoms with E-state index >= 15 is 0 Å². The van der Waals surface area contributed by atoms with Gasteiger partial charge in [-0.3, -0.25) is 15.1 Å². The molecule has 0 amide bonds. The molecule has 6 heteroatoms. The van der Waals surface area contributed by atoms with Gasteiger partial charge in [0.05, 0.1) is 10.6 Å². The Labute approximate surface area is 152 Å². The lowest BCUT2D eigenvalue weighted by molar-refractivity contribution is -0.384. The van der Waals surface area contributed by atoms with Crippen LogP contribution in [-0.4, -0.2) is 22.9 Å². The predicted octanol–water partition coefficient (Wildman–Crippen LogP) is 4.11. The largest absolute Gasteiger partial charge is 0.507 e. The summed E-state index contributed by atoms with van der Waals surface area (Å²) in [5.41, 5.74) is 1.02. The van der Waals surface area contributed by atoms with Gasteiger partial charge in [-0.05, 0) is 32.0 Å². The number of aliphatic imine (C=N–C) groups is 1. The van der Waals surface area contributed by atoms with Crippen molar-refractivity contribution in [2.24, 2.45) is 4.99 Å². The first-order chi connectivity index (χ1) is 12.6. The van der Waals surface area contributed by atoms with Crippen LogP contribution in [0.1, 0.15) is 5.56 Å². The highest BCUT2D eigenvalue weighted by atomic mass is 31.1. The molecule has 0 saturated carbocycles. The zero-order chi connectivity index (χ0) is 18.5. The molecule has 0 heterocycles. The highest BCUT2D eigenvalue weighted by molar-refractivity contribution is 7.72. The van der Waals surface area contributed by atoms with E-state index in [0.29, 0.717) is 5.56 Å². The van der Waals surface area contributed by atoms with Gasteiger partial charge in [0, 0.05) is 29.2 Å². The van der Waals surface area contributed by atoms with Crippen LogP contribution < -0.4 is 10.6 Å². The molecule has 1 atom stereocenters. The Bertz CT molecular complexity index is 958. The molecule has 0 bridgehead atoms. The normalized spacial score (nSPS) is 12.2. The Kier molecular flexibility index (Phi) is 5.40. The number of non-ortho nitro benzene ring substituents is 1. The minimum Gasteiger partial charge on any atom is -0.507 e. The lowest BCUT2D eigenvalue weighted by atomic mass is 10.2. The fourth-order valence-electron chi connectivity index (χ4n) is 2.55. The van der Waals surface area contributed by atoms with Crippen molar-refractivity contribution in [1.82, 2.24) is 0 Å². The van der Waals surface area contributed by atoms with Gasteiger partial charge in [0.15, 0.2) is 0 Å². The van der Waals surface area contributed by atoms with Gasteiger partial charge in [0.2, 0.25) is 0 Å². The Morgan fingerprint density at radius 1 is 1.04 bits per heavy atom. The average molecular weight is 364 g/mol. The summed E-state index contributed by atoms with van der Waals surface area (Å²) in [6.07, 6.45) is 1.47. The SMILES string of the molecule is CP(c1ccccc1)c1ccccc1/N=C/c1cc([N+](=O)[O-])ccc1O. The molecule has 0 aliphatic carbocycles. The quantitative estimate of drug-likeness (QED) is 0.320. The number of rotatable bonds is 5. The fourth-order valence-corrected chi connectivity index (χ4v) is 4.23. The number of hydrogen-bond acceptors (Lipinski definition) is 4. The molecule has 130 valence electrons. The van der Waals surface area contributed by atoms with E-state index in [4.69, 9.17) is 0 Å². The number of aromatic hydroxyl groups is 1. The molecule has 1 N–H and O–H groups in total. The molecule has 0 fully saturated rings. The fraction of sp³-hybridized carbons (Fsp3) is 0.0500. The van der Waals surface area contributed by atoms with Crippen LogP contribution in [0.15, 0.2) is 77.8 Å². The van der Waals surface area contributed by atoms with Crippen LogP contribution in [0.2, 0.25) is 0 Å². The maximum absolute atomic E-state index is 10.9. The second-order valence-electron chi connectivity index (χ2n) is 5.64. The van der Waals surface area contributed by atoms with Gasteiger partial charge >= 0.3 is 0 Å². The first-order valence-corrected chi connectivity index (χ1v) is 9.74. The van der Waals surface area contributed by atoms with Gasteiger partial charge in [0.25, 0.3) is 5.69 Å². The number of phenols is 1. The zero-order valence-corrected chi connectivity index (χ0v) is 15.0. The summed E-state index contributed by atoms with van der Waals surface area (Å²) in [6.45, 7) is 2.17. The molecule has 26 heavy (non-hydrogen) atoms. The molecule has 0 aliphatic rings. The molecule has 5 nitrogen and oxygen atoms in total. The van der Waals surface area contributed by atoms with Crippen molar-refractivity contribution in [3.8, 4) is 5.75 Å². The van der Waals surface area contributed by atoms with Crippen molar-refractivity contribution < 1.29 is 10.0 Å². The first kappa shape index (κ1) is 17.8. The van der Waals surface area contributed by atoms with Crippen LogP contribution >= 0.6 is 7.92 Å². The Hall–Kier alpha value is -3.04. The number of nitrogens with zero attached hydrogens (tertiary/aromatic N) is 2. The van der Waals surface area contributed by atoms with E-state index in [0.717, 1.165) is 11.0 Å². The number of nitro groups is 1. The third-order valence-corrected chi connectivity index (χ3v) is 6.12. The number of benzene rings is 3. The van der Waals surface area contributed by atoms with Crippen LogP contribution in [0.25, 0.3) is 0 Å². The molecule has 3 aromatic carbocycles. The van der Waals surface area contributed by atoms with E-state index in [-0.39, 0.29) is 11.4 Å². The van der Waals surface area contributed by atoms with Crippen molar-refractivity contribution in [2.75, 3.05) is 6.66 Å². The summed E-state index contributed by atoms with van der Waals surface area (Å²) in [4.78, 5) is 14.9. The highest BCUT2D eigenvalue weighted by Crippen LogP contribution is 2.33. The lowest BCUT2D eigenvalue weighted by Gasteiger charge is -2.15. The summed E-state index contributed by atoms with van der Waals surface area (Å²) in [6, 6.07) is 21.9. The van der Waals surface area contributed by atoms with E-state index in [2.05, 4.69) is 23.8 Å². The molecule has 0 saturated heterocycles. The number of hydrogen-bond donors (Lipinski definition) is 1. The molecule has 3 aromatic rings. The maximum Gasteiger partial charge on any atom is 0.270 e. The smallest absolute Gasteiger partial charge is 0.270 e. The molecular formula is C20H17N2O3P. The van der Waals surface area contributed by atoms with Crippen LogP contribution in [0.5, 0.6) is 5.75 Å². The van der Waals surface area contributed by atoms with Crippen molar-refractivity contribution in [3.63, 3.8) is 0 Å². The minimum absolute atomic E-state index is 0.0429. The predicted molar refractivity (Wildman–Crippen MR) is 107 cm³/mol. The van der Waals surface area contributed by atoms with E-state index in [1.807, 2.05) is 42.5 Å². The monoisotopic (exact) mass is 364 g/mol. The van der Waals surface area contributed by atoms with Crippen molar-refractivity contribution in [2.45, 2.75) is 0 Å². The van der Waals surface area contributed by atoms with Gasteiger partial charge < -0.3 is 5.11 Å². The third-order valence-electron chi connectivity index (χ3n) is 3.95. The van der Waals surface area contributed by atoms with Gasteiger partial charge in [-0.25, -0.2) is 0 Å². The maximum atomic E-state index is 10.9. The van der Waals surface area contributed by atoms with Crippen molar-refractivity contribution in [1.29, 1.82) is 0 Å². The molecule has 0 aliphatic heterocycles. The second-order valence-corrected chi connectivity index (χ2v) is 7.76. The topological polar surface area (TPSA) is 75.7 Å². The van der Waals surface area contributed by atoms with E-state index < -0.39 is 12.8 Å². The average Bonchev–Trinajstić information content (AvgIpc) is 2.67. The number of nitro benzene ring substituents is 1. The summed E-state index contributed by atoms with van der Waals surface area (Å²) in [5, 5.41) is 23.2. The second kappa shape index (κ2) is 7.89. The third kappa shape index (κ3) is 3.95. The molecule has 0 aromatic heterocycles. The highest BCUT2D eigenvalue weighted by Gasteiger charge is 2.12. The minimum atomic E-state index is -0.581. The Balaban J connectivity index is 1.95. The van der Waals surface area contributed by atoms with Crippen molar-refractivity contribution >= 4 is 36.1 Å². The molecule has 0 radical (unpaired) electrons. The van der Waals surface area contributed by atoms with E-state index in [1.165, 1.54) is 29.7 Å². The van der Waals surface area contributed by atoms with Gasteiger partial charge in [-0.1, -0.05) is 48.5 Å². The standard InChI is InChI=1S/C20H17N2O3P/c1-26(17-7-3-2-4-8-17)20-10-6-5-9-18(20)21-14-15-13-16(22(24)25)11-12-19(15)23/h2-14,23H,1H3/b21-14+. The summed E-state index contributed by atoms with van der Waals surface area (Å²) >= 11 is 0. The Morgan fingerprint density at radius 2 is 1.73 bits per heavy atom. The zero-order valence-electron chi connectivity index (χ0n) is 14.1. The van der Waals surface area contributed by atoms with Gasteiger partial charge in [-0.2, -0.15) is 0 Å². The number of phenolic OH excluding ortho intramolecular Hbond substituents is 1. The summed E-state index contributed by atoms with van der Waals surface area (Å²) in [7, 11) is -0.581. The van der Waals surface area contributed by atoms with Crippen LogP contribution in [-0.2, 0) is 0 Å². The molecular weight excluding hydrogens is 347 g/mol. The molecule has 3 rings (SSSR count). The van der Waals surface area contributed by atoms with Crippen LogP contribution in [0.3, 0.4) is 0 Å². The number of para-hydroxylation sites is 1. The van der Waals surface area contributed by atoms with Crippen molar-refractivity contribution in [3.05, 3.63) is 88.5 Å².